The van der Waals surface area contributed by atoms with E-state index in [1.54, 1.807) is 4.90 Å². The minimum atomic E-state index is -0.843. The Morgan fingerprint density at radius 1 is 1.17 bits per heavy atom. The van der Waals surface area contributed by atoms with Gasteiger partial charge in [0.1, 0.15) is 12.6 Å². The fourth-order valence-electron chi connectivity index (χ4n) is 5.30. The number of thioether (sulfide) groups is 1. The van der Waals surface area contributed by atoms with Crippen LogP contribution in [0.3, 0.4) is 0 Å². The molecule has 0 aromatic rings. The number of rotatable bonds is 5. The Morgan fingerprint density at radius 3 is 2.69 bits per heavy atom. The zero-order chi connectivity index (χ0) is 20.8. The molecule has 2 amide bonds. The van der Waals surface area contributed by atoms with Gasteiger partial charge >= 0.3 is 5.97 Å². The molecule has 29 heavy (non-hydrogen) atoms. The number of aliphatic hydroxyl groups is 1. The Hall–Kier alpha value is -1.80. The fourth-order valence-corrected chi connectivity index (χ4v) is 7.45. The molecule has 4 rings (SSSR count). The van der Waals surface area contributed by atoms with Crippen LogP contribution in [0.1, 0.15) is 26.7 Å². The lowest BCUT2D eigenvalue weighted by atomic mass is 9.75. The van der Waals surface area contributed by atoms with E-state index in [4.69, 9.17) is 4.74 Å². The standard InChI is InChI=1S/C21H28N2O5S/c1-3-4-9-22-10-5-8-21-14(17(25)23(11-12-24)16(21)18(22)26)15-19(27)28-13-6-7-20(15,2)29-21/h5-8,14-16,24H,3-4,9-13H2,1-2H3/t14-,15-,16?,20+,21-/m0/s1. The summed E-state index contributed by atoms with van der Waals surface area (Å²) < 4.78 is 3.90. The number of fused-ring (bicyclic) bond motifs is 2. The van der Waals surface area contributed by atoms with Crippen molar-refractivity contribution in [1.82, 2.24) is 9.80 Å². The predicted octanol–water partition coefficient (Wildman–Crippen LogP) is 0.978. The Kier molecular flexibility index (Phi) is 5.27. The number of β-amino-alcohol motifs (C(OH)–C–C–N with tert-alkyl or cyclic N) is 1. The first-order chi connectivity index (χ1) is 13.9. The van der Waals surface area contributed by atoms with E-state index < -0.39 is 33.3 Å². The Morgan fingerprint density at radius 2 is 1.97 bits per heavy atom. The van der Waals surface area contributed by atoms with Crippen molar-refractivity contribution in [2.75, 3.05) is 32.8 Å². The first-order valence-corrected chi connectivity index (χ1v) is 11.1. The Balaban J connectivity index is 1.82. The van der Waals surface area contributed by atoms with Crippen LogP contribution in [0.15, 0.2) is 24.3 Å². The number of cyclic esters (lactones) is 1. The number of carbonyl (C=O) groups excluding carboxylic acids is 3. The summed E-state index contributed by atoms with van der Waals surface area (Å²) in [6, 6.07) is -0.724. The number of carbonyl (C=O) groups is 3. The van der Waals surface area contributed by atoms with E-state index in [1.165, 1.54) is 16.7 Å². The normalized spacial score (nSPS) is 38.4. The SMILES string of the molecule is CCCCN1CC=C[C@]23S[C@]4(C)C=CCOC(=O)[C@@H]4[C@H]2C(=O)N(CCO)C3C1=O. The summed E-state index contributed by atoms with van der Waals surface area (Å²) in [7, 11) is 0. The molecule has 158 valence electrons. The second kappa shape index (κ2) is 7.47. The summed E-state index contributed by atoms with van der Waals surface area (Å²) in [4.78, 5) is 43.3. The first-order valence-electron chi connectivity index (χ1n) is 10.3. The van der Waals surface area contributed by atoms with Gasteiger partial charge in [-0.15, -0.1) is 11.8 Å². The van der Waals surface area contributed by atoms with Gasteiger partial charge in [-0.1, -0.05) is 31.6 Å². The third kappa shape index (κ3) is 2.94. The van der Waals surface area contributed by atoms with Crippen LogP contribution in [0.25, 0.3) is 0 Å². The van der Waals surface area contributed by atoms with Gasteiger partial charge in [0.2, 0.25) is 11.8 Å². The lowest BCUT2D eigenvalue weighted by Gasteiger charge is -2.36. The average molecular weight is 421 g/mol. The molecule has 4 aliphatic rings. The van der Waals surface area contributed by atoms with Crippen molar-refractivity contribution in [3.8, 4) is 0 Å². The molecule has 0 aromatic carbocycles. The molecule has 5 atom stereocenters. The highest BCUT2D eigenvalue weighted by molar-refractivity contribution is 8.02. The molecule has 8 heteroatoms. The molecular weight excluding hydrogens is 392 g/mol. The van der Waals surface area contributed by atoms with Crippen molar-refractivity contribution in [1.29, 1.82) is 0 Å². The van der Waals surface area contributed by atoms with Crippen LogP contribution < -0.4 is 0 Å². The highest BCUT2D eigenvalue weighted by Crippen LogP contribution is 2.65. The molecule has 0 saturated carbocycles. The first kappa shape index (κ1) is 20.5. The second-order valence-corrected chi connectivity index (χ2v) is 10.1. The Bertz CT molecular complexity index is 783. The van der Waals surface area contributed by atoms with E-state index in [1.807, 2.05) is 31.2 Å². The summed E-state index contributed by atoms with van der Waals surface area (Å²) in [6.07, 6.45) is 9.58. The number of aliphatic hydroxyl groups excluding tert-OH is 1. The van der Waals surface area contributed by atoms with Crippen molar-refractivity contribution in [2.45, 2.75) is 42.2 Å². The van der Waals surface area contributed by atoms with Crippen LogP contribution in [0.2, 0.25) is 0 Å². The zero-order valence-electron chi connectivity index (χ0n) is 16.9. The minimum absolute atomic E-state index is 0.0812. The topological polar surface area (TPSA) is 87.2 Å². The van der Waals surface area contributed by atoms with Crippen LogP contribution in [0.4, 0.5) is 0 Å². The van der Waals surface area contributed by atoms with Gasteiger partial charge in [0, 0.05) is 24.4 Å². The van der Waals surface area contributed by atoms with E-state index in [0.717, 1.165) is 12.8 Å². The number of nitrogens with zero attached hydrogens (tertiary/aromatic N) is 2. The van der Waals surface area contributed by atoms with Crippen molar-refractivity contribution in [3.05, 3.63) is 24.3 Å². The minimum Gasteiger partial charge on any atom is -0.461 e. The van der Waals surface area contributed by atoms with Crippen molar-refractivity contribution >= 4 is 29.5 Å². The van der Waals surface area contributed by atoms with E-state index in [0.29, 0.717) is 13.1 Å². The highest BCUT2D eigenvalue weighted by atomic mass is 32.2. The average Bonchev–Trinajstić information content (AvgIpc) is 2.93. The Labute approximate surface area is 175 Å². The van der Waals surface area contributed by atoms with Crippen LogP contribution in [-0.2, 0) is 19.1 Å². The molecule has 0 bridgehead atoms. The molecular formula is C21H28N2O5S. The number of unbranched alkanes of at least 4 members (excludes halogenated alkanes) is 1. The van der Waals surface area contributed by atoms with Crippen molar-refractivity contribution in [3.63, 3.8) is 0 Å². The zero-order valence-corrected chi connectivity index (χ0v) is 17.7. The molecule has 0 aliphatic carbocycles. The van der Waals surface area contributed by atoms with Crippen LogP contribution in [0.5, 0.6) is 0 Å². The van der Waals surface area contributed by atoms with E-state index in [9.17, 15) is 19.5 Å². The van der Waals surface area contributed by atoms with E-state index in [2.05, 4.69) is 6.92 Å². The van der Waals surface area contributed by atoms with Gasteiger partial charge in [-0.3, -0.25) is 14.4 Å². The van der Waals surface area contributed by atoms with Crippen LogP contribution in [0, 0.1) is 11.8 Å². The predicted molar refractivity (Wildman–Crippen MR) is 109 cm³/mol. The van der Waals surface area contributed by atoms with Gasteiger partial charge in [-0.05, 0) is 19.4 Å². The largest absolute Gasteiger partial charge is 0.461 e. The maximum Gasteiger partial charge on any atom is 0.311 e. The molecule has 0 aromatic heterocycles. The number of ether oxygens (including phenoxy) is 1. The number of hydrogen-bond donors (Lipinski definition) is 1. The molecule has 4 heterocycles. The maximum absolute atomic E-state index is 13.6. The van der Waals surface area contributed by atoms with Gasteiger partial charge < -0.3 is 19.6 Å². The highest BCUT2D eigenvalue weighted by Gasteiger charge is 2.73. The lowest BCUT2D eigenvalue weighted by molar-refractivity contribution is -0.152. The number of hydrogen-bond acceptors (Lipinski definition) is 6. The van der Waals surface area contributed by atoms with Gasteiger partial charge in [0.25, 0.3) is 0 Å². The summed E-state index contributed by atoms with van der Waals surface area (Å²) in [5.41, 5.74) is 0. The monoisotopic (exact) mass is 420 g/mol. The van der Waals surface area contributed by atoms with E-state index >= 15 is 0 Å². The summed E-state index contributed by atoms with van der Waals surface area (Å²) in [6.45, 7) is 5.20. The molecule has 0 radical (unpaired) electrons. The van der Waals surface area contributed by atoms with Gasteiger partial charge in [-0.25, -0.2) is 0 Å². The van der Waals surface area contributed by atoms with Gasteiger partial charge in [0.15, 0.2) is 0 Å². The smallest absolute Gasteiger partial charge is 0.311 e. The lowest BCUT2D eigenvalue weighted by Crippen LogP contribution is -2.54. The maximum atomic E-state index is 13.6. The number of likely N-dealkylation sites (tertiary alicyclic amines) is 1. The fraction of sp³-hybridized carbons (Fsp3) is 0.667. The van der Waals surface area contributed by atoms with Crippen molar-refractivity contribution in [2.24, 2.45) is 11.8 Å². The van der Waals surface area contributed by atoms with E-state index in [-0.39, 0.29) is 31.6 Å². The number of esters is 1. The molecule has 7 nitrogen and oxygen atoms in total. The van der Waals surface area contributed by atoms with Gasteiger partial charge in [0.05, 0.1) is 23.2 Å². The molecule has 1 spiro atoms. The third-order valence-electron chi connectivity index (χ3n) is 6.52. The molecule has 2 saturated heterocycles. The summed E-state index contributed by atoms with van der Waals surface area (Å²) in [5.74, 6) is -2.08. The van der Waals surface area contributed by atoms with Crippen molar-refractivity contribution < 1.29 is 24.2 Å². The molecule has 1 unspecified atom stereocenters. The summed E-state index contributed by atoms with van der Waals surface area (Å²) >= 11 is 1.53. The van der Waals surface area contributed by atoms with Crippen LogP contribution in [-0.4, -0.2) is 81.1 Å². The van der Waals surface area contributed by atoms with Crippen LogP contribution >= 0.6 is 11.8 Å². The second-order valence-electron chi connectivity index (χ2n) is 8.33. The summed E-state index contributed by atoms with van der Waals surface area (Å²) in [5, 5.41) is 9.59. The molecule has 1 N–H and O–H groups in total. The number of amides is 2. The molecule has 4 aliphatic heterocycles. The third-order valence-corrected chi connectivity index (χ3v) is 8.32. The van der Waals surface area contributed by atoms with Gasteiger partial charge in [-0.2, -0.15) is 0 Å². The molecule has 2 fully saturated rings. The quantitative estimate of drug-likeness (QED) is 0.527.